The van der Waals surface area contributed by atoms with Gasteiger partial charge in [0.05, 0.1) is 5.41 Å². The van der Waals surface area contributed by atoms with Crippen LogP contribution in [0.4, 0.5) is 0 Å². The van der Waals surface area contributed by atoms with Crippen molar-refractivity contribution in [2.24, 2.45) is 0 Å². The summed E-state index contributed by atoms with van der Waals surface area (Å²) in [7, 11) is 0. The van der Waals surface area contributed by atoms with Gasteiger partial charge in [0.2, 0.25) is 11.8 Å². The molecule has 1 spiro atoms. The van der Waals surface area contributed by atoms with Gasteiger partial charge < -0.3 is 9.80 Å². The normalized spacial score (nSPS) is 27.3. The molecule has 2 heterocycles. The Hall–Kier alpha value is -1.55. The van der Waals surface area contributed by atoms with Crippen LogP contribution in [0.25, 0.3) is 0 Å². The quantitative estimate of drug-likeness (QED) is 0.780. The van der Waals surface area contributed by atoms with Crippen molar-refractivity contribution in [2.75, 3.05) is 13.1 Å². The fourth-order valence-electron chi connectivity index (χ4n) is 5.35. The second-order valence-electron chi connectivity index (χ2n) is 8.73. The molecular formula is C22H29ClN2O2. The third kappa shape index (κ3) is 2.79. The highest BCUT2D eigenvalue weighted by Crippen LogP contribution is 2.49. The first-order valence-corrected chi connectivity index (χ1v) is 10.7. The molecular weight excluding hydrogens is 360 g/mol. The molecule has 2 amide bonds. The van der Waals surface area contributed by atoms with Crippen LogP contribution in [0.1, 0.15) is 64.4 Å². The van der Waals surface area contributed by atoms with Gasteiger partial charge in [-0.3, -0.25) is 9.59 Å². The van der Waals surface area contributed by atoms with Crippen molar-refractivity contribution < 1.29 is 9.59 Å². The molecule has 27 heavy (non-hydrogen) atoms. The number of carbonyl (C=O) groups is 2. The van der Waals surface area contributed by atoms with Crippen molar-refractivity contribution in [3.05, 3.63) is 34.9 Å². The first-order chi connectivity index (χ1) is 12.9. The molecule has 0 radical (unpaired) electrons. The van der Waals surface area contributed by atoms with Crippen LogP contribution < -0.4 is 0 Å². The summed E-state index contributed by atoms with van der Waals surface area (Å²) in [6, 6.07) is 7.91. The minimum atomic E-state index is -0.616. The number of amides is 2. The average molecular weight is 389 g/mol. The van der Waals surface area contributed by atoms with E-state index in [0.717, 1.165) is 57.1 Å². The highest BCUT2D eigenvalue weighted by molar-refractivity contribution is 6.30. The summed E-state index contributed by atoms with van der Waals surface area (Å²) in [6.45, 7) is 5.65. The molecule has 1 unspecified atom stereocenters. The fraction of sp³-hybridized carbons (Fsp3) is 0.636. The topological polar surface area (TPSA) is 40.6 Å². The van der Waals surface area contributed by atoms with Crippen molar-refractivity contribution in [2.45, 2.75) is 75.8 Å². The Morgan fingerprint density at radius 1 is 1.00 bits per heavy atom. The first kappa shape index (κ1) is 18.8. The molecule has 1 saturated carbocycles. The van der Waals surface area contributed by atoms with Gasteiger partial charge in [0.1, 0.15) is 5.54 Å². The lowest BCUT2D eigenvalue weighted by Crippen LogP contribution is -2.65. The second-order valence-corrected chi connectivity index (χ2v) is 9.17. The predicted octanol–water partition coefficient (Wildman–Crippen LogP) is 4.15. The molecule has 1 aromatic carbocycles. The zero-order chi connectivity index (χ0) is 19.2. The van der Waals surface area contributed by atoms with Gasteiger partial charge in [-0.1, -0.05) is 30.2 Å². The molecule has 4 nitrogen and oxygen atoms in total. The van der Waals surface area contributed by atoms with E-state index in [4.69, 9.17) is 11.6 Å². The molecule has 2 aliphatic heterocycles. The van der Waals surface area contributed by atoms with E-state index in [1.165, 1.54) is 0 Å². The zero-order valence-corrected chi connectivity index (χ0v) is 17.1. The monoisotopic (exact) mass is 388 g/mol. The van der Waals surface area contributed by atoms with Crippen LogP contribution in [-0.4, -0.2) is 46.3 Å². The highest BCUT2D eigenvalue weighted by atomic mass is 35.5. The lowest BCUT2D eigenvalue weighted by Gasteiger charge is -2.50. The predicted molar refractivity (Wildman–Crippen MR) is 107 cm³/mol. The second kappa shape index (κ2) is 6.80. The standard InChI is InChI=1S/C22H29ClN2O2/c1-16(2)24-14-4-12-22(20(24)27)13-5-15-25(22)19(26)21(10-3-11-21)17-6-8-18(23)9-7-17/h6-9,16H,3-5,10-15H2,1-2H3. The van der Waals surface area contributed by atoms with Crippen LogP contribution in [0.3, 0.4) is 0 Å². The van der Waals surface area contributed by atoms with E-state index in [-0.39, 0.29) is 17.9 Å². The molecule has 1 aliphatic carbocycles. The number of hydrogen-bond acceptors (Lipinski definition) is 2. The maximum absolute atomic E-state index is 13.9. The zero-order valence-electron chi connectivity index (χ0n) is 16.3. The molecule has 0 bridgehead atoms. The summed E-state index contributed by atoms with van der Waals surface area (Å²) in [5, 5.41) is 0.688. The van der Waals surface area contributed by atoms with Gasteiger partial charge >= 0.3 is 0 Å². The summed E-state index contributed by atoms with van der Waals surface area (Å²) in [5.41, 5.74) is -0.0362. The Balaban J connectivity index is 1.68. The van der Waals surface area contributed by atoms with Gasteiger partial charge in [-0.2, -0.15) is 0 Å². The van der Waals surface area contributed by atoms with Crippen LogP contribution in [0.2, 0.25) is 5.02 Å². The van der Waals surface area contributed by atoms with E-state index < -0.39 is 11.0 Å². The fourth-order valence-corrected chi connectivity index (χ4v) is 5.48. The molecule has 0 N–H and O–H groups in total. The van der Waals surface area contributed by atoms with E-state index >= 15 is 0 Å². The molecule has 1 aromatic rings. The van der Waals surface area contributed by atoms with E-state index in [0.29, 0.717) is 11.6 Å². The molecule has 3 fully saturated rings. The summed E-state index contributed by atoms with van der Waals surface area (Å²) in [4.78, 5) is 31.2. The summed E-state index contributed by atoms with van der Waals surface area (Å²) >= 11 is 6.07. The smallest absolute Gasteiger partial charge is 0.248 e. The SMILES string of the molecule is CC(C)N1CCCC2(CCCN2C(=O)C2(c3ccc(Cl)cc3)CCC2)C1=O. The van der Waals surface area contributed by atoms with Crippen LogP contribution in [-0.2, 0) is 15.0 Å². The van der Waals surface area contributed by atoms with Crippen LogP contribution in [0.15, 0.2) is 24.3 Å². The summed E-state index contributed by atoms with van der Waals surface area (Å²) in [5.74, 6) is 0.327. The Kier molecular flexibility index (Phi) is 4.74. The largest absolute Gasteiger partial charge is 0.338 e. The van der Waals surface area contributed by atoms with Crippen molar-refractivity contribution in [3.63, 3.8) is 0 Å². The number of rotatable bonds is 3. The molecule has 2 saturated heterocycles. The molecule has 5 heteroatoms. The van der Waals surface area contributed by atoms with Crippen molar-refractivity contribution in [3.8, 4) is 0 Å². The van der Waals surface area contributed by atoms with Gasteiger partial charge in [0.25, 0.3) is 0 Å². The number of halogens is 1. The Morgan fingerprint density at radius 3 is 2.19 bits per heavy atom. The first-order valence-electron chi connectivity index (χ1n) is 10.3. The van der Waals surface area contributed by atoms with Crippen molar-refractivity contribution in [1.82, 2.24) is 9.80 Å². The maximum Gasteiger partial charge on any atom is 0.248 e. The lowest BCUT2D eigenvalue weighted by molar-refractivity contribution is -0.161. The van der Waals surface area contributed by atoms with E-state index in [2.05, 4.69) is 13.8 Å². The Labute approximate surface area is 166 Å². The summed E-state index contributed by atoms with van der Waals surface area (Å²) in [6.07, 6.45) is 6.28. The van der Waals surface area contributed by atoms with Crippen molar-refractivity contribution >= 4 is 23.4 Å². The highest BCUT2D eigenvalue weighted by Gasteiger charge is 2.58. The molecule has 1 atom stereocenters. The van der Waals surface area contributed by atoms with Crippen LogP contribution >= 0.6 is 11.6 Å². The number of carbonyl (C=O) groups excluding carboxylic acids is 2. The summed E-state index contributed by atoms with van der Waals surface area (Å²) < 4.78 is 0. The molecule has 4 rings (SSSR count). The van der Waals surface area contributed by atoms with Gasteiger partial charge in [0.15, 0.2) is 0 Å². The molecule has 0 aromatic heterocycles. The van der Waals surface area contributed by atoms with Gasteiger partial charge in [-0.05, 0) is 70.1 Å². The van der Waals surface area contributed by atoms with E-state index in [9.17, 15) is 9.59 Å². The average Bonchev–Trinajstić information content (AvgIpc) is 3.02. The van der Waals surface area contributed by atoms with Crippen LogP contribution in [0.5, 0.6) is 0 Å². The number of nitrogens with zero attached hydrogens (tertiary/aromatic N) is 2. The number of piperidine rings is 1. The lowest BCUT2D eigenvalue weighted by atomic mass is 9.63. The van der Waals surface area contributed by atoms with Gasteiger partial charge in [0, 0.05) is 24.2 Å². The maximum atomic E-state index is 13.9. The van der Waals surface area contributed by atoms with Crippen LogP contribution in [0, 0.1) is 0 Å². The van der Waals surface area contributed by atoms with Gasteiger partial charge in [-0.25, -0.2) is 0 Å². The van der Waals surface area contributed by atoms with Gasteiger partial charge in [-0.15, -0.1) is 0 Å². The number of likely N-dealkylation sites (tertiary alicyclic amines) is 2. The Morgan fingerprint density at radius 2 is 1.63 bits per heavy atom. The number of benzene rings is 1. The Bertz CT molecular complexity index is 741. The van der Waals surface area contributed by atoms with E-state index in [1.54, 1.807) is 0 Å². The number of hydrogen-bond donors (Lipinski definition) is 0. The van der Waals surface area contributed by atoms with Crippen molar-refractivity contribution in [1.29, 1.82) is 0 Å². The molecule has 146 valence electrons. The third-order valence-corrected chi connectivity index (χ3v) is 7.27. The minimum Gasteiger partial charge on any atom is -0.338 e. The van der Waals surface area contributed by atoms with E-state index in [1.807, 2.05) is 34.1 Å². The minimum absolute atomic E-state index is 0.160. The third-order valence-electron chi connectivity index (χ3n) is 7.02. The molecule has 3 aliphatic rings.